The van der Waals surface area contributed by atoms with Crippen molar-refractivity contribution in [2.75, 3.05) is 12.3 Å². The number of aromatic nitrogens is 1. The Bertz CT molecular complexity index is 347. The van der Waals surface area contributed by atoms with Crippen molar-refractivity contribution in [1.82, 2.24) is 10.3 Å². The lowest BCUT2D eigenvalue weighted by Gasteiger charge is -2.09. The second kappa shape index (κ2) is 7.50. The van der Waals surface area contributed by atoms with Crippen LogP contribution in [-0.4, -0.2) is 23.3 Å². The summed E-state index contributed by atoms with van der Waals surface area (Å²) in [5, 5.41) is 13.6. The largest absolute Gasteiger partial charge is 0.301 e. The molecule has 16 heavy (non-hydrogen) atoms. The SMILES string of the molecule is CCCNC(C#N)CSc1ccc(Cl)cn1. The summed E-state index contributed by atoms with van der Waals surface area (Å²) >= 11 is 7.29. The molecule has 0 radical (unpaired) electrons. The van der Waals surface area contributed by atoms with E-state index in [4.69, 9.17) is 16.9 Å². The molecule has 3 nitrogen and oxygen atoms in total. The van der Waals surface area contributed by atoms with Crippen LogP contribution in [0, 0.1) is 11.3 Å². The normalized spacial score (nSPS) is 12.1. The van der Waals surface area contributed by atoms with E-state index in [1.807, 2.05) is 6.07 Å². The Morgan fingerprint density at radius 1 is 1.62 bits per heavy atom. The molecule has 5 heteroatoms. The highest BCUT2D eigenvalue weighted by atomic mass is 35.5. The summed E-state index contributed by atoms with van der Waals surface area (Å²) in [4.78, 5) is 4.16. The van der Waals surface area contributed by atoms with Crippen molar-refractivity contribution in [2.45, 2.75) is 24.4 Å². The van der Waals surface area contributed by atoms with Gasteiger partial charge in [0, 0.05) is 11.9 Å². The van der Waals surface area contributed by atoms with Gasteiger partial charge in [-0.1, -0.05) is 18.5 Å². The van der Waals surface area contributed by atoms with Crippen LogP contribution in [0.15, 0.2) is 23.4 Å². The smallest absolute Gasteiger partial charge is 0.105 e. The Kier molecular flexibility index (Phi) is 6.24. The lowest BCUT2D eigenvalue weighted by Crippen LogP contribution is -2.30. The first-order valence-electron chi connectivity index (χ1n) is 5.13. The van der Waals surface area contributed by atoms with Crippen LogP contribution in [0.4, 0.5) is 0 Å². The highest BCUT2D eigenvalue weighted by Crippen LogP contribution is 2.17. The zero-order valence-electron chi connectivity index (χ0n) is 9.11. The molecular weight excluding hydrogens is 242 g/mol. The fourth-order valence-electron chi connectivity index (χ4n) is 1.08. The van der Waals surface area contributed by atoms with Gasteiger partial charge in [-0.3, -0.25) is 0 Å². The summed E-state index contributed by atoms with van der Waals surface area (Å²) < 4.78 is 0. The molecule has 0 amide bonds. The van der Waals surface area contributed by atoms with Gasteiger partial charge in [-0.25, -0.2) is 4.98 Å². The maximum Gasteiger partial charge on any atom is 0.105 e. The molecule has 0 saturated heterocycles. The Labute approximate surface area is 105 Å². The van der Waals surface area contributed by atoms with Gasteiger partial charge in [0.05, 0.1) is 16.1 Å². The number of pyridine rings is 1. The van der Waals surface area contributed by atoms with E-state index in [1.54, 1.807) is 24.0 Å². The molecule has 1 unspecified atom stereocenters. The summed E-state index contributed by atoms with van der Waals surface area (Å²) in [6.07, 6.45) is 2.65. The third-order valence-corrected chi connectivity index (χ3v) is 3.16. The molecule has 0 fully saturated rings. The van der Waals surface area contributed by atoms with Crippen LogP contribution in [-0.2, 0) is 0 Å². The van der Waals surface area contributed by atoms with E-state index in [-0.39, 0.29) is 6.04 Å². The first kappa shape index (κ1) is 13.3. The van der Waals surface area contributed by atoms with Gasteiger partial charge in [-0.2, -0.15) is 5.26 Å². The summed E-state index contributed by atoms with van der Waals surface area (Å²) in [5.74, 6) is 0.700. The number of hydrogen-bond donors (Lipinski definition) is 1. The molecule has 0 aromatic carbocycles. The molecule has 1 atom stereocenters. The van der Waals surface area contributed by atoms with Crippen molar-refractivity contribution in [1.29, 1.82) is 5.26 Å². The van der Waals surface area contributed by atoms with E-state index in [2.05, 4.69) is 23.3 Å². The topological polar surface area (TPSA) is 48.7 Å². The first-order valence-corrected chi connectivity index (χ1v) is 6.50. The van der Waals surface area contributed by atoms with E-state index >= 15 is 0 Å². The van der Waals surface area contributed by atoms with Crippen molar-refractivity contribution < 1.29 is 0 Å². The minimum atomic E-state index is -0.123. The van der Waals surface area contributed by atoms with Gasteiger partial charge in [-0.05, 0) is 25.1 Å². The molecule has 0 aliphatic heterocycles. The standard InChI is InChI=1S/C11H14ClN3S/c1-2-5-14-10(6-13)8-16-11-4-3-9(12)7-15-11/h3-4,7,10,14H,2,5,8H2,1H3. The lowest BCUT2D eigenvalue weighted by atomic mass is 10.3. The van der Waals surface area contributed by atoms with Crippen LogP contribution in [0.5, 0.6) is 0 Å². The minimum Gasteiger partial charge on any atom is -0.301 e. The van der Waals surface area contributed by atoms with Crippen LogP contribution >= 0.6 is 23.4 Å². The first-order chi connectivity index (χ1) is 7.76. The van der Waals surface area contributed by atoms with E-state index < -0.39 is 0 Å². The zero-order valence-corrected chi connectivity index (χ0v) is 10.7. The Hall–Kier alpha value is -0.760. The number of nitriles is 1. The maximum atomic E-state index is 8.91. The van der Waals surface area contributed by atoms with Crippen molar-refractivity contribution in [3.05, 3.63) is 23.4 Å². The van der Waals surface area contributed by atoms with Crippen LogP contribution in [0.2, 0.25) is 5.02 Å². The van der Waals surface area contributed by atoms with Crippen LogP contribution in [0.25, 0.3) is 0 Å². The minimum absolute atomic E-state index is 0.123. The lowest BCUT2D eigenvalue weighted by molar-refractivity contribution is 0.637. The molecule has 0 aliphatic carbocycles. The average molecular weight is 256 g/mol. The number of nitrogens with one attached hydrogen (secondary N) is 1. The van der Waals surface area contributed by atoms with Crippen molar-refractivity contribution in [3.8, 4) is 6.07 Å². The fourth-order valence-corrected chi connectivity index (χ4v) is 2.01. The number of nitrogens with zero attached hydrogens (tertiary/aromatic N) is 2. The quantitative estimate of drug-likeness (QED) is 0.794. The van der Waals surface area contributed by atoms with E-state index in [0.29, 0.717) is 10.8 Å². The summed E-state index contributed by atoms with van der Waals surface area (Å²) in [7, 11) is 0. The summed E-state index contributed by atoms with van der Waals surface area (Å²) in [6.45, 7) is 2.95. The fraction of sp³-hybridized carbons (Fsp3) is 0.455. The molecule has 0 bridgehead atoms. The number of thioether (sulfide) groups is 1. The van der Waals surface area contributed by atoms with Gasteiger partial charge in [-0.15, -0.1) is 11.8 Å². The Morgan fingerprint density at radius 2 is 2.44 bits per heavy atom. The third kappa shape index (κ3) is 4.84. The molecule has 1 rings (SSSR count). The van der Waals surface area contributed by atoms with Gasteiger partial charge < -0.3 is 5.32 Å². The predicted octanol–water partition coefficient (Wildman–Crippen LogP) is 2.72. The highest BCUT2D eigenvalue weighted by Gasteiger charge is 2.06. The Balaban J connectivity index is 2.38. The monoisotopic (exact) mass is 255 g/mol. The van der Waals surface area contributed by atoms with Crippen molar-refractivity contribution >= 4 is 23.4 Å². The van der Waals surface area contributed by atoms with Crippen LogP contribution in [0.3, 0.4) is 0 Å². The third-order valence-electron chi connectivity index (χ3n) is 1.89. The zero-order chi connectivity index (χ0) is 11.8. The molecule has 0 spiro atoms. The maximum absolute atomic E-state index is 8.91. The second-order valence-electron chi connectivity index (χ2n) is 3.26. The molecule has 1 N–H and O–H groups in total. The van der Waals surface area contributed by atoms with E-state index in [1.165, 1.54) is 0 Å². The van der Waals surface area contributed by atoms with Gasteiger partial charge >= 0.3 is 0 Å². The van der Waals surface area contributed by atoms with Gasteiger partial charge in [0.25, 0.3) is 0 Å². The van der Waals surface area contributed by atoms with Crippen molar-refractivity contribution in [3.63, 3.8) is 0 Å². The number of rotatable bonds is 6. The Morgan fingerprint density at radius 3 is 3.00 bits per heavy atom. The number of hydrogen-bond acceptors (Lipinski definition) is 4. The second-order valence-corrected chi connectivity index (χ2v) is 4.74. The molecule has 0 aliphatic rings. The predicted molar refractivity (Wildman–Crippen MR) is 67.7 cm³/mol. The van der Waals surface area contributed by atoms with Crippen LogP contribution in [0.1, 0.15) is 13.3 Å². The van der Waals surface area contributed by atoms with Crippen molar-refractivity contribution in [2.24, 2.45) is 0 Å². The summed E-state index contributed by atoms with van der Waals surface area (Å²) in [6, 6.07) is 5.78. The van der Waals surface area contributed by atoms with E-state index in [9.17, 15) is 0 Å². The molecule has 0 saturated carbocycles. The van der Waals surface area contributed by atoms with Gasteiger partial charge in [0.1, 0.15) is 6.04 Å². The number of halogens is 1. The summed E-state index contributed by atoms with van der Waals surface area (Å²) in [5.41, 5.74) is 0. The highest BCUT2D eigenvalue weighted by molar-refractivity contribution is 7.99. The molecule has 1 aromatic rings. The van der Waals surface area contributed by atoms with Crippen LogP contribution < -0.4 is 5.32 Å². The molecular formula is C11H14ClN3S. The van der Waals surface area contributed by atoms with E-state index in [0.717, 1.165) is 18.0 Å². The van der Waals surface area contributed by atoms with Gasteiger partial charge in [0.2, 0.25) is 0 Å². The molecule has 1 aromatic heterocycles. The molecule has 1 heterocycles. The van der Waals surface area contributed by atoms with Gasteiger partial charge in [0.15, 0.2) is 0 Å². The average Bonchev–Trinajstić information content (AvgIpc) is 2.32. The molecule has 86 valence electrons.